The Morgan fingerprint density at radius 2 is 2.21 bits per heavy atom. The molecule has 1 aromatic rings. The van der Waals surface area contributed by atoms with Crippen molar-refractivity contribution in [3.05, 3.63) is 29.6 Å². The fourth-order valence-corrected chi connectivity index (χ4v) is 2.84. The highest BCUT2D eigenvalue weighted by Crippen LogP contribution is 2.22. The summed E-state index contributed by atoms with van der Waals surface area (Å²) in [6.07, 6.45) is 1.33. The van der Waals surface area contributed by atoms with Crippen LogP contribution in [0.1, 0.15) is 25.3 Å². The first-order chi connectivity index (χ1) is 11.4. The van der Waals surface area contributed by atoms with Crippen molar-refractivity contribution in [2.75, 3.05) is 26.7 Å². The molecule has 1 aliphatic rings. The van der Waals surface area contributed by atoms with E-state index >= 15 is 0 Å². The summed E-state index contributed by atoms with van der Waals surface area (Å²) in [5.41, 5.74) is -0.843. The number of carbonyl (C=O) groups excluding carboxylic acids is 2. The zero-order chi connectivity index (χ0) is 17.7. The number of β-amino-alcohol motifs (C(OH)–C–C–N with tert-alkyl or cyclic N) is 1. The maximum absolute atomic E-state index is 13.6. The minimum Gasteiger partial charge on any atom is -0.494 e. The summed E-state index contributed by atoms with van der Waals surface area (Å²) in [5.74, 6) is -0.940. The van der Waals surface area contributed by atoms with Gasteiger partial charge < -0.3 is 20.1 Å². The van der Waals surface area contributed by atoms with E-state index < -0.39 is 17.3 Å². The zero-order valence-electron chi connectivity index (χ0n) is 14.0. The number of nitrogens with zero attached hydrogens (tertiary/aromatic N) is 1. The van der Waals surface area contributed by atoms with Gasteiger partial charge in [0, 0.05) is 20.0 Å². The number of benzene rings is 1. The monoisotopic (exact) mass is 338 g/mol. The molecule has 2 N–H and O–H groups in total. The zero-order valence-corrected chi connectivity index (χ0v) is 14.0. The smallest absolute Gasteiger partial charge is 0.253 e. The van der Waals surface area contributed by atoms with E-state index in [9.17, 15) is 19.1 Å². The van der Waals surface area contributed by atoms with Gasteiger partial charge in [0.15, 0.2) is 17.2 Å². The van der Waals surface area contributed by atoms with E-state index in [0.717, 1.165) is 5.56 Å². The number of ether oxygens (including phenoxy) is 1. The molecule has 132 valence electrons. The molecule has 0 aliphatic carbocycles. The van der Waals surface area contributed by atoms with E-state index in [1.807, 2.05) is 0 Å². The van der Waals surface area contributed by atoms with Crippen molar-refractivity contribution in [1.82, 2.24) is 10.2 Å². The van der Waals surface area contributed by atoms with Crippen molar-refractivity contribution in [2.24, 2.45) is 0 Å². The number of piperidine rings is 1. The van der Waals surface area contributed by atoms with Gasteiger partial charge in [-0.05, 0) is 37.0 Å². The summed E-state index contributed by atoms with van der Waals surface area (Å²) in [5, 5.41) is 13.2. The second-order valence-electron chi connectivity index (χ2n) is 6.05. The molecule has 6 nitrogen and oxygen atoms in total. The van der Waals surface area contributed by atoms with Gasteiger partial charge in [0.25, 0.3) is 5.91 Å². The predicted molar refractivity (Wildman–Crippen MR) is 86.1 cm³/mol. The van der Waals surface area contributed by atoms with Gasteiger partial charge in [-0.25, -0.2) is 4.39 Å². The van der Waals surface area contributed by atoms with Gasteiger partial charge in [-0.15, -0.1) is 0 Å². The molecule has 7 heteroatoms. The quantitative estimate of drug-likeness (QED) is 0.835. The number of likely N-dealkylation sites (tertiary alicyclic amines) is 1. The van der Waals surface area contributed by atoms with Crippen molar-refractivity contribution in [1.29, 1.82) is 0 Å². The van der Waals surface area contributed by atoms with Gasteiger partial charge in [-0.1, -0.05) is 6.07 Å². The second-order valence-corrected chi connectivity index (χ2v) is 6.05. The Hall–Kier alpha value is -2.15. The maximum atomic E-state index is 13.6. The molecule has 2 rings (SSSR count). The van der Waals surface area contributed by atoms with E-state index in [1.54, 1.807) is 6.07 Å². The van der Waals surface area contributed by atoms with Crippen LogP contribution >= 0.6 is 0 Å². The average molecular weight is 338 g/mol. The summed E-state index contributed by atoms with van der Waals surface area (Å²) in [6.45, 7) is 2.25. The molecule has 0 bridgehead atoms. The fourth-order valence-electron chi connectivity index (χ4n) is 2.84. The number of methoxy groups -OCH3 is 1. The number of aliphatic hydroxyl groups is 1. The lowest BCUT2D eigenvalue weighted by molar-refractivity contribution is -0.150. The molecule has 1 atom stereocenters. The van der Waals surface area contributed by atoms with Crippen molar-refractivity contribution < 1.29 is 23.8 Å². The first-order valence-corrected chi connectivity index (χ1v) is 7.94. The third-order valence-electron chi connectivity index (χ3n) is 4.25. The van der Waals surface area contributed by atoms with E-state index in [2.05, 4.69) is 5.32 Å². The number of hydrogen-bond donors (Lipinski definition) is 2. The number of carbonyl (C=O) groups is 2. The van der Waals surface area contributed by atoms with Crippen LogP contribution in [0, 0.1) is 5.82 Å². The summed E-state index contributed by atoms with van der Waals surface area (Å²) in [4.78, 5) is 25.2. The molecule has 0 aromatic heterocycles. The van der Waals surface area contributed by atoms with Gasteiger partial charge in [0.2, 0.25) is 5.91 Å². The predicted octanol–water partition coefficient (Wildman–Crippen LogP) is 0.866. The number of amides is 2. The summed E-state index contributed by atoms with van der Waals surface area (Å²) < 4.78 is 18.5. The molecule has 1 aliphatic heterocycles. The maximum Gasteiger partial charge on any atom is 0.253 e. The van der Waals surface area contributed by atoms with Crippen molar-refractivity contribution >= 4 is 11.8 Å². The molecule has 2 amide bonds. The number of nitrogens with one attached hydrogen (secondary N) is 1. The van der Waals surface area contributed by atoms with Crippen LogP contribution in [0.5, 0.6) is 5.75 Å². The number of rotatable bonds is 5. The minimum atomic E-state index is -1.56. The van der Waals surface area contributed by atoms with E-state index in [4.69, 9.17) is 4.74 Å². The van der Waals surface area contributed by atoms with Crippen LogP contribution in [-0.2, 0) is 16.0 Å². The Bertz CT molecular complexity index is 623. The first kappa shape index (κ1) is 18.2. The second kappa shape index (κ2) is 7.61. The Balaban J connectivity index is 1.88. The number of halogens is 1. The van der Waals surface area contributed by atoms with Crippen LogP contribution < -0.4 is 10.1 Å². The van der Waals surface area contributed by atoms with Crippen molar-refractivity contribution in [2.45, 2.75) is 31.8 Å². The fraction of sp³-hybridized carbons (Fsp3) is 0.529. The summed E-state index contributed by atoms with van der Waals surface area (Å²) >= 11 is 0. The molecule has 1 aromatic carbocycles. The standard InChI is InChI=1S/C17H23FN2O4/c1-12(21)20-9-3-7-17(23,11-20)16(22)19-8-6-13-4-5-15(24-2)14(18)10-13/h4-5,10,23H,3,6-9,11H2,1-2H3,(H,19,22)/t17-/m1/s1. The normalized spacial score (nSPS) is 20.6. The van der Waals surface area contributed by atoms with Gasteiger partial charge in [-0.2, -0.15) is 0 Å². The first-order valence-electron chi connectivity index (χ1n) is 7.94. The lowest BCUT2D eigenvalue weighted by atomic mass is 9.91. The Morgan fingerprint density at radius 3 is 2.83 bits per heavy atom. The van der Waals surface area contributed by atoms with Crippen LogP contribution in [0.15, 0.2) is 18.2 Å². The molecule has 0 unspecified atom stereocenters. The van der Waals surface area contributed by atoms with Crippen LogP contribution in [0.4, 0.5) is 4.39 Å². The van der Waals surface area contributed by atoms with Crippen LogP contribution in [0.25, 0.3) is 0 Å². The molecule has 1 saturated heterocycles. The highest BCUT2D eigenvalue weighted by molar-refractivity contribution is 5.86. The Labute approximate surface area is 140 Å². The van der Waals surface area contributed by atoms with Crippen LogP contribution in [0.2, 0.25) is 0 Å². The van der Waals surface area contributed by atoms with Crippen molar-refractivity contribution in [3.8, 4) is 5.75 Å². The van der Waals surface area contributed by atoms with E-state index in [-0.39, 0.29) is 24.7 Å². The third-order valence-corrected chi connectivity index (χ3v) is 4.25. The Kier molecular flexibility index (Phi) is 5.77. The molecular weight excluding hydrogens is 315 g/mol. The van der Waals surface area contributed by atoms with Gasteiger partial charge >= 0.3 is 0 Å². The summed E-state index contributed by atoms with van der Waals surface area (Å²) in [7, 11) is 1.40. The topological polar surface area (TPSA) is 78.9 Å². The molecule has 1 heterocycles. The SMILES string of the molecule is COc1ccc(CCNC(=O)[C@@]2(O)CCCN(C(C)=O)C2)cc1F. The Morgan fingerprint density at radius 1 is 1.46 bits per heavy atom. The molecular formula is C17H23FN2O4. The number of hydrogen-bond acceptors (Lipinski definition) is 4. The molecule has 1 fully saturated rings. The highest BCUT2D eigenvalue weighted by atomic mass is 19.1. The average Bonchev–Trinajstić information content (AvgIpc) is 2.55. The van der Waals surface area contributed by atoms with Crippen LogP contribution in [0.3, 0.4) is 0 Å². The summed E-state index contributed by atoms with van der Waals surface area (Å²) in [6, 6.07) is 4.62. The van der Waals surface area contributed by atoms with Gasteiger partial charge in [0.1, 0.15) is 0 Å². The molecule has 0 spiro atoms. The van der Waals surface area contributed by atoms with Crippen molar-refractivity contribution in [3.63, 3.8) is 0 Å². The largest absolute Gasteiger partial charge is 0.494 e. The molecule has 0 saturated carbocycles. The lowest BCUT2D eigenvalue weighted by Gasteiger charge is -2.37. The molecule has 24 heavy (non-hydrogen) atoms. The highest BCUT2D eigenvalue weighted by Gasteiger charge is 2.40. The third kappa shape index (κ3) is 4.23. The molecule has 0 radical (unpaired) electrons. The van der Waals surface area contributed by atoms with Gasteiger partial charge in [0.05, 0.1) is 13.7 Å². The minimum absolute atomic E-state index is 0.00529. The van der Waals surface area contributed by atoms with Gasteiger partial charge in [-0.3, -0.25) is 9.59 Å². The van der Waals surface area contributed by atoms with Crippen LogP contribution in [-0.4, -0.2) is 54.2 Å². The van der Waals surface area contributed by atoms with E-state index in [1.165, 1.54) is 31.1 Å². The van der Waals surface area contributed by atoms with E-state index in [0.29, 0.717) is 25.8 Å². The lowest BCUT2D eigenvalue weighted by Crippen LogP contribution is -2.58.